The zero-order chi connectivity index (χ0) is 17.4. The topological polar surface area (TPSA) is 64.4 Å². The molecule has 0 aliphatic carbocycles. The SMILES string of the molecule is CCC[C@H](N)C(=O)NCc1ccc(OCc2cccc(F)c2)cc1. The van der Waals surface area contributed by atoms with Crippen LogP contribution in [-0.4, -0.2) is 11.9 Å². The first-order valence-corrected chi connectivity index (χ1v) is 8.08. The highest BCUT2D eigenvalue weighted by Crippen LogP contribution is 2.14. The van der Waals surface area contributed by atoms with Gasteiger partial charge >= 0.3 is 0 Å². The van der Waals surface area contributed by atoms with E-state index in [1.807, 2.05) is 37.3 Å². The Bertz CT molecular complexity index is 659. The van der Waals surface area contributed by atoms with Gasteiger partial charge < -0.3 is 15.8 Å². The molecule has 0 saturated heterocycles. The molecule has 0 aliphatic rings. The minimum Gasteiger partial charge on any atom is -0.489 e. The molecule has 3 N–H and O–H groups in total. The van der Waals surface area contributed by atoms with Gasteiger partial charge in [0, 0.05) is 6.54 Å². The lowest BCUT2D eigenvalue weighted by Gasteiger charge is -2.11. The monoisotopic (exact) mass is 330 g/mol. The summed E-state index contributed by atoms with van der Waals surface area (Å²) in [6.45, 7) is 2.73. The standard InChI is InChI=1S/C19H23FN2O2/c1-2-4-18(21)19(23)22-12-14-7-9-17(10-8-14)24-13-15-5-3-6-16(20)11-15/h3,5-11,18H,2,4,12-13,21H2,1H3,(H,22,23)/t18-/m0/s1. The Kier molecular flexibility index (Phi) is 6.75. The third-order valence-corrected chi connectivity index (χ3v) is 3.62. The maximum atomic E-state index is 13.1. The lowest BCUT2D eigenvalue weighted by atomic mass is 10.1. The minimum atomic E-state index is -0.455. The summed E-state index contributed by atoms with van der Waals surface area (Å²) in [7, 11) is 0. The van der Waals surface area contributed by atoms with Crippen LogP contribution in [0.3, 0.4) is 0 Å². The number of nitrogens with one attached hydrogen (secondary N) is 1. The zero-order valence-electron chi connectivity index (χ0n) is 13.8. The normalized spacial score (nSPS) is 11.8. The van der Waals surface area contributed by atoms with Crippen LogP contribution in [0.5, 0.6) is 5.75 Å². The number of ether oxygens (including phenoxy) is 1. The van der Waals surface area contributed by atoms with Gasteiger partial charge in [-0.3, -0.25) is 4.79 Å². The molecule has 2 rings (SSSR count). The Balaban J connectivity index is 1.81. The van der Waals surface area contributed by atoms with E-state index < -0.39 is 6.04 Å². The van der Waals surface area contributed by atoms with E-state index in [4.69, 9.17) is 10.5 Å². The van der Waals surface area contributed by atoms with Crippen LogP contribution < -0.4 is 15.8 Å². The largest absolute Gasteiger partial charge is 0.489 e. The molecule has 0 radical (unpaired) electrons. The molecule has 24 heavy (non-hydrogen) atoms. The molecule has 0 aliphatic heterocycles. The smallest absolute Gasteiger partial charge is 0.237 e. The molecule has 0 heterocycles. The van der Waals surface area contributed by atoms with Gasteiger partial charge in [-0.2, -0.15) is 0 Å². The molecule has 0 saturated carbocycles. The summed E-state index contributed by atoms with van der Waals surface area (Å²) in [6.07, 6.45) is 1.56. The highest BCUT2D eigenvalue weighted by Gasteiger charge is 2.11. The first-order valence-electron chi connectivity index (χ1n) is 8.08. The molecule has 1 amide bonds. The highest BCUT2D eigenvalue weighted by molar-refractivity contribution is 5.81. The van der Waals surface area contributed by atoms with Crippen molar-refractivity contribution in [1.29, 1.82) is 0 Å². The molecule has 2 aromatic rings. The van der Waals surface area contributed by atoms with Gasteiger partial charge in [0.2, 0.25) is 5.91 Å². The average Bonchev–Trinajstić information content (AvgIpc) is 2.59. The second-order valence-electron chi connectivity index (χ2n) is 5.68. The number of carbonyl (C=O) groups is 1. The van der Waals surface area contributed by atoms with Crippen LogP contribution in [0.15, 0.2) is 48.5 Å². The number of nitrogens with two attached hydrogens (primary N) is 1. The van der Waals surface area contributed by atoms with Gasteiger partial charge in [-0.05, 0) is 41.8 Å². The zero-order valence-corrected chi connectivity index (χ0v) is 13.8. The number of benzene rings is 2. The summed E-state index contributed by atoms with van der Waals surface area (Å²) in [5.74, 6) is 0.281. The van der Waals surface area contributed by atoms with E-state index >= 15 is 0 Å². The van der Waals surface area contributed by atoms with Crippen LogP contribution in [0.1, 0.15) is 30.9 Å². The van der Waals surface area contributed by atoms with Crippen molar-refractivity contribution in [3.63, 3.8) is 0 Å². The van der Waals surface area contributed by atoms with E-state index in [0.717, 1.165) is 17.5 Å². The summed E-state index contributed by atoms with van der Waals surface area (Å²) in [5, 5.41) is 2.82. The van der Waals surface area contributed by atoms with Crippen LogP contribution in [0.4, 0.5) is 4.39 Å². The summed E-state index contributed by atoms with van der Waals surface area (Å²) in [4.78, 5) is 11.8. The number of hydrogen-bond acceptors (Lipinski definition) is 3. The Morgan fingerprint density at radius 3 is 2.62 bits per heavy atom. The van der Waals surface area contributed by atoms with Crippen molar-refractivity contribution < 1.29 is 13.9 Å². The number of hydrogen-bond donors (Lipinski definition) is 2. The fourth-order valence-electron chi connectivity index (χ4n) is 2.26. The molecule has 4 nitrogen and oxygen atoms in total. The molecule has 128 valence electrons. The Hall–Kier alpha value is -2.40. The Morgan fingerprint density at radius 2 is 1.96 bits per heavy atom. The number of amides is 1. The second kappa shape index (κ2) is 9.03. The molecule has 0 fully saturated rings. The first kappa shape index (κ1) is 17.9. The lowest BCUT2D eigenvalue weighted by molar-refractivity contribution is -0.122. The fourth-order valence-corrected chi connectivity index (χ4v) is 2.26. The Labute approximate surface area is 141 Å². The van der Waals surface area contributed by atoms with Gasteiger partial charge in [-0.1, -0.05) is 37.6 Å². The minimum absolute atomic E-state index is 0.136. The maximum absolute atomic E-state index is 13.1. The summed E-state index contributed by atoms with van der Waals surface area (Å²) in [6, 6.07) is 13.3. The van der Waals surface area contributed by atoms with Crippen LogP contribution in [0.2, 0.25) is 0 Å². The third kappa shape index (κ3) is 5.66. The molecule has 0 bridgehead atoms. The predicted octanol–water partition coefficient (Wildman–Crippen LogP) is 3.15. The van der Waals surface area contributed by atoms with Gasteiger partial charge in [0.15, 0.2) is 0 Å². The fraction of sp³-hybridized carbons (Fsp3) is 0.316. The van der Waals surface area contributed by atoms with E-state index in [2.05, 4.69) is 5.32 Å². The summed E-state index contributed by atoms with van der Waals surface area (Å²) >= 11 is 0. The second-order valence-corrected chi connectivity index (χ2v) is 5.68. The van der Waals surface area contributed by atoms with Crippen molar-refractivity contribution in [1.82, 2.24) is 5.32 Å². The lowest BCUT2D eigenvalue weighted by Crippen LogP contribution is -2.40. The molecular formula is C19H23FN2O2. The van der Waals surface area contributed by atoms with Crippen LogP contribution in [0.25, 0.3) is 0 Å². The molecule has 0 unspecified atom stereocenters. The quantitative estimate of drug-likeness (QED) is 0.781. The van der Waals surface area contributed by atoms with E-state index in [0.29, 0.717) is 25.3 Å². The highest BCUT2D eigenvalue weighted by atomic mass is 19.1. The molecule has 0 spiro atoms. The average molecular weight is 330 g/mol. The van der Waals surface area contributed by atoms with E-state index in [9.17, 15) is 9.18 Å². The first-order chi connectivity index (χ1) is 11.6. The van der Waals surface area contributed by atoms with E-state index in [1.165, 1.54) is 12.1 Å². The van der Waals surface area contributed by atoms with Crippen LogP contribution in [0, 0.1) is 5.82 Å². The third-order valence-electron chi connectivity index (χ3n) is 3.62. The van der Waals surface area contributed by atoms with Crippen LogP contribution >= 0.6 is 0 Å². The van der Waals surface area contributed by atoms with Gasteiger partial charge in [0.05, 0.1) is 6.04 Å². The summed E-state index contributed by atoms with van der Waals surface area (Å²) in [5.41, 5.74) is 7.50. The van der Waals surface area contributed by atoms with Gasteiger partial charge in [-0.15, -0.1) is 0 Å². The number of rotatable bonds is 8. The molecule has 1 atom stereocenters. The molecule has 2 aromatic carbocycles. The van der Waals surface area contributed by atoms with E-state index in [1.54, 1.807) is 6.07 Å². The van der Waals surface area contributed by atoms with Crippen molar-refractivity contribution in [2.75, 3.05) is 0 Å². The van der Waals surface area contributed by atoms with Gasteiger partial charge in [0.25, 0.3) is 0 Å². The molecule has 0 aromatic heterocycles. The molecular weight excluding hydrogens is 307 g/mol. The van der Waals surface area contributed by atoms with Crippen molar-refractivity contribution >= 4 is 5.91 Å². The van der Waals surface area contributed by atoms with Crippen molar-refractivity contribution in [3.05, 3.63) is 65.5 Å². The van der Waals surface area contributed by atoms with Crippen molar-refractivity contribution in [2.24, 2.45) is 5.73 Å². The number of carbonyl (C=O) groups excluding carboxylic acids is 1. The number of halogens is 1. The van der Waals surface area contributed by atoms with Crippen molar-refractivity contribution in [2.45, 2.75) is 39.0 Å². The maximum Gasteiger partial charge on any atom is 0.237 e. The Morgan fingerprint density at radius 1 is 1.21 bits per heavy atom. The predicted molar refractivity (Wildman–Crippen MR) is 91.9 cm³/mol. The molecule has 5 heteroatoms. The van der Waals surface area contributed by atoms with Gasteiger partial charge in [-0.25, -0.2) is 4.39 Å². The van der Waals surface area contributed by atoms with Crippen molar-refractivity contribution in [3.8, 4) is 5.75 Å². The summed E-state index contributed by atoms with van der Waals surface area (Å²) < 4.78 is 18.7. The van der Waals surface area contributed by atoms with E-state index in [-0.39, 0.29) is 11.7 Å². The van der Waals surface area contributed by atoms with Crippen LogP contribution in [-0.2, 0) is 17.9 Å². The van der Waals surface area contributed by atoms with Gasteiger partial charge in [0.1, 0.15) is 18.2 Å².